The van der Waals surface area contributed by atoms with Crippen LogP contribution in [0.25, 0.3) is 6.08 Å². The number of hydrogen-bond acceptors (Lipinski definition) is 2. The number of esters is 1. The molecule has 0 spiro atoms. The Bertz CT molecular complexity index is 758. The van der Waals surface area contributed by atoms with Gasteiger partial charge in [-0.3, -0.25) is 0 Å². The maximum Gasteiger partial charge on any atom is 0.331 e. The fourth-order valence-corrected chi connectivity index (χ4v) is 4.01. The molecule has 0 aliphatic heterocycles. The Labute approximate surface area is 157 Å². The van der Waals surface area contributed by atoms with Gasteiger partial charge in [0.1, 0.15) is 6.10 Å². The highest BCUT2D eigenvalue weighted by Crippen LogP contribution is 2.62. The van der Waals surface area contributed by atoms with Gasteiger partial charge in [-0.25, -0.2) is 4.79 Å². The molecule has 2 aliphatic carbocycles. The predicted octanol–water partition coefficient (Wildman–Crippen LogP) is 5.41. The molecule has 2 aliphatic rings. The van der Waals surface area contributed by atoms with E-state index in [1.807, 2.05) is 30.3 Å². The predicted molar refractivity (Wildman–Crippen MR) is 106 cm³/mol. The van der Waals surface area contributed by atoms with Gasteiger partial charge in [0.15, 0.2) is 0 Å². The Morgan fingerprint density at radius 2 is 2.00 bits per heavy atom. The van der Waals surface area contributed by atoms with Crippen molar-refractivity contribution in [3.05, 3.63) is 53.6 Å². The number of allylic oxidation sites excluding steroid dienone is 2. The standard InChI is InChI=1S/C24H28O2/c1-18-11-7-4-5-10-14-21(23-20(17-18)24(23,2)3)26-22(25)16-15-19-12-8-6-9-13-19/h6,8-9,12-13,15-17,20-21,23H,4,7,11,14H2,1-3H3/b16-15+,18-17+/t20-,21-,23-/m0/s1. The number of hydrogen-bond donors (Lipinski definition) is 0. The Morgan fingerprint density at radius 1 is 1.23 bits per heavy atom. The van der Waals surface area contributed by atoms with E-state index in [-0.39, 0.29) is 17.5 Å². The van der Waals surface area contributed by atoms with Crippen molar-refractivity contribution < 1.29 is 9.53 Å². The van der Waals surface area contributed by atoms with Gasteiger partial charge in [0.2, 0.25) is 0 Å². The Balaban J connectivity index is 1.72. The summed E-state index contributed by atoms with van der Waals surface area (Å²) in [5.41, 5.74) is 2.59. The summed E-state index contributed by atoms with van der Waals surface area (Å²) in [5, 5.41) is 0. The van der Waals surface area contributed by atoms with E-state index in [1.54, 1.807) is 6.08 Å². The van der Waals surface area contributed by atoms with Gasteiger partial charge < -0.3 is 4.74 Å². The first-order chi connectivity index (χ1) is 12.5. The third kappa shape index (κ3) is 4.47. The summed E-state index contributed by atoms with van der Waals surface area (Å²) in [6.45, 7) is 6.75. The Kier molecular flexibility index (Phi) is 5.67. The maximum atomic E-state index is 12.4. The third-order valence-electron chi connectivity index (χ3n) is 5.64. The van der Waals surface area contributed by atoms with E-state index < -0.39 is 0 Å². The van der Waals surface area contributed by atoms with Crippen LogP contribution in [0.3, 0.4) is 0 Å². The molecule has 0 bridgehead atoms. The van der Waals surface area contributed by atoms with E-state index in [9.17, 15) is 4.79 Å². The van der Waals surface area contributed by atoms with Gasteiger partial charge in [-0.2, -0.15) is 0 Å². The highest BCUT2D eigenvalue weighted by Gasteiger charge is 2.60. The molecule has 0 amide bonds. The van der Waals surface area contributed by atoms with Crippen molar-refractivity contribution in [2.24, 2.45) is 17.3 Å². The Morgan fingerprint density at radius 3 is 2.77 bits per heavy atom. The minimum atomic E-state index is -0.280. The van der Waals surface area contributed by atoms with Crippen LogP contribution in [0.1, 0.15) is 52.0 Å². The van der Waals surface area contributed by atoms with Crippen molar-refractivity contribution in [3.8, 4) is 11.8 Å². The second kappa shape index (κ2) is 7.96. The average molecular weight is 348 g/mol. The lowest BCUT2D eigenvalue weighted by Crippen LogP contribution is -2.21. The van der Waals surface area contributed by atoms with Crippen LogP contribution >= 0.6 is 0 Å². The summed E-state index contributed by atoms with van der Waals surface area (Å²) in [5.74, 6) is 7.03. The first-order valence-electron chi connectivity index (χ1n) is 9.55. The molecular formula is C24H28O2. The smallest absolute Gasteiger partial charge is 0.331 e. The number of rotatable bonds is 3. The lowest BCUT2D eigenvalue weighted by atomic mass is 10.0. The SMILES string of the molecule is C/C1=C\[C@H]2[C@@H]([C@@H](OC(=O)/C=C/c3ccccc3)CC#CCCC1)C2(C)C. The molecule has 0 unspecified atom stereocenters. The summed E-state index contributed by atoms with van der Waals surface area (Å²) >= 11 is 0. The molecule has 0 heterocycles. The molecule has 0 radical (unpaired) electrons. The zero-order chi connectivity index (χ0) is 18.6. The summed E-state index contributed by atoms with van der Waals surface area (Å²) in [6, 6.07) is 9.81. The van der Waals surface area contributed by atoms with Crippen LogP contribution < -0.4 is 0 Å². The Hall–Kier alpha value is -2.27. The average Bonchev–Trinajstić information content (AvgIpc) is 3.16. The molecule has 26 heavy (non-hydrogen) atoms. The normalized spacial score (nSPS) is 29.3. The molecule has 0 aromatic heterocycles. The molecular weight excluding hydrogens is 320 g/mol. The molecule has 1 fully saturated rings. The van der Waals surface area contributed by atoms with Crippen molar-refractivity contribution in [2.75, 3.05) is 0 Å². The van der Waals surface area contributed by atoms with Crippen molar-refractivity contribution >= 4 is 12.0 Å². The van der Waals surface area contributed by atoms with Gasteiger partial charge in [-0.15, -0.1) is 5.92 Å². The zero-order valence-corrected chi connectivity index (χ0v) is 16.0. The molecule has 3 atom stereocenters. The minimum absolute atomic E-state index is 0.141. The highest BCUT2D eigenvalue weighted by atomic mass is 16.5. The second-order valence-corrected chi connectivity index (χ2v) is 8.02. The minimum Gasteiger partial charge on any atom is -0.458 e. The number of fused-ring (bicyclic) bond motifs is 1. The van der Waals surface area contributed by atoms with Crippen molar-refractivity contribution in [3.63, 3.8) is 0 Å². The van der Waals surface area contributed by atoms with Crippen LogP contribution in [0.2, 0.25) is 0 Å². The van der Waals surface area contributed by atoms with E-state index >= 15 is 0 Å². The molecule has 3 rings (SSSR count). The number of benzene rings is 1. The van der Waals surface area contributed by atoms with Crippen molar-refractivity contribution in [1.82, 2.24) is 0 Å². The van der Waals surface area contributed by atoms with Gasteiger partial charge in [0.05, 0.1) is 0 Å². The van der Waals surface area contributed by atoms with Crippen LogP contribution in [0.4, 0.5) is 0 Å². The largest absolute Gasteiger partial charge is 0.458 e. The molecule has 0 N–H and O–H groups in total. The molecule has 2 heteroatoms. The van der Waals surface area contributed by atoms with Crippen LogP contribution in [-0.4, -0.2) is 12.1 Å². The van der Waals surface area contributed by atoms with Gasteiger partial charge in [-0.1, -0.05) is 61.7 Å². The molecule has 136 valence electrons. The fraction of sp³-hybridized carbons (Fsp3) is 0.458. The van der Waals surface area contributed by atoms with Crippen LogP contribution in [0.15, 0.2) is 48.1 Å². The van der Waals surface area contributed by atoms with Crippen LogP contribution in [0.5, 0.6) is 0 Å². The zero-order valence-electron chi connectivity index (χ0n) is 16.0. The van der Waals surface area contributed by atoms with Crippen molar-refractivity contribution in [2.45, 2.75) is 52.6 Å². The van der Waals surface area contributed by atoms with Gasteiger partial charge in [0.25, 0.3) is 0 Å². The second-order valence-electron chi connectivity index (χ2n) is 8.02. The number of carbonyl (C=O) groups is 1. The molecule has 0 saturated heterocycles. The van der Waals surface area contributed by atoms with E-state index in [1.165, 1.54) is 11.6 Å². The molecule has 1 saturated carbocycles. The van der Waals surface area contributed by atoms with Gasteiger partial charge in [-0.05, 0) is 42.7 Å². The molecule has 1 aromatic carbocycles. The monoisotopic (exact) mass is 348 g/mol. The molecule has 1 aromatic rings. The first-order valence-corrected chi connectivity index (χ1v) is 9.55. The summed E-state index contributed by atoms with van der Waals surface area (Å²) in [4.78, 5) is 12.4. The summed E-state index contributed by atoms with van der Waals surface area (Å²) in [7, 11) is 0. The topological polar surface area (TPSA) is 26.3 Å². The summed E-state index contributed by atoms with van der Waals surface area (Å²) in [6.07, 6.45) is 9.35. The van der Waals surface area contributed by atoms with Gasteiger partial charge in [0, 0.05) is 24.8 Å². The van der Waals surface area contributed by atoms with E-state index in [0.29, 0.717) is 18.3 Å². The first kappa shape index (κ1) is 18.5. The van der Waals surface area contributed by atoms with E-state index in [0.717, 1.165) is 24.8 Å². The lowest BCUT2D eigenvalue weighted by molar-refractivity contribution is -0.144. The summed E-state index contributed by atoms with van der Waals surface area (Å²) < 4.78 is 5.85. The third-order valence-corrected chi connectivity index (χ3v) is 5.64. The number of ether oxygens (including phenoxy) is 1. The fourth-order valence-electron chi connectivity index (χ4n) is 4.01. The maximum absolute atomic E-state index is 12.4. The van der Waals surface area contributed by atoms with Gasteiger partial charge >= 0.3 is 5.97 Å². The molecule has 2 nitrogen and oxygen atoms in total. The van der Waals surface area contributed by atoms with E-state index in [2.05, 4.69) is 38.7 Å². The van der Waals surface area contributed by atoms with Crippen LogP contribution in [0, 0.1) is 29.1 Å². The van der Waals surface area contributed by atoms with Crippen molar-refractivity contribution in [1.29, 1.82) is 0 Å². The van der Waals surface area contributed by atoms with E-state index in [4.69, 9.17) is 4.74 Å². The number of carbonyl (C=O) groups excluding carboxylic acids is 1. The lowest BCUT2D eigenvalue weighted by Gasteiger charge is -2.16. The quantitative estimate of drug-likeness (QED) is 0.316. The highest BCUT2D eigenvalue weighted by molar-refractivity contribution is 5.87. The van der Waals surface area contributed by atoms with Crippen LogP contribution in [-0.2, 0) is 9.53 Å².